The minimum atomic E-state index is -4.89. The van der Waals surface area contributed by atoms with Gasteiger partial charge in [0.15, 0.2) is 11.5 Å². The van der Waals surface area contributed by atoms with Crippen LogP contribution in [0.3, 0.4) is 0 Å². The zero-order chi connectivity index (χ0) is 24.7. The van der Waals surface area contributed by atoms with Crippen LogP contribution in [-0.2, 0) is 6.18 Å². The van der Waals surface area contributed by atoms with Gasteiger partial charge < -0.3 is 5.32 Å². The molecule has 5 heterocycles. The van der Waals surface area contributed by atoms with Gasteiger partial charge in [0.2, 0.25) is 0 Å². The first-order chi connectivity index (χ1) is 16.8. The van der Waals surface area contributed by atoms with Crippen LogP contribution in [0.25, 0.3) is 21.7 Å². The van der Waals surface area contributed by atoms with E-state index in [1.807, 2.05) is 6.07 Å². The van der Waals surface area contributed by atoms with Gasteiger partial charge in [-0.05, 0) is 30.0 Å². The number of nitriles is 1. The maximum absolute atomic E-state index is 14.1. The number of nitrogens with one attached hydrogen (secondary N) is 1. The number of thiophene rings is 1. The Labute approximate surface area is 198 Å². The molecule has 0 aliphatic heterocycles. The molecule has 0 spiro atoms. The largest absolute Gasteiger partial charge is 0.434 e. The number of anilines is 1. The van der Waals surface area contributed by atoms with E-state index in [9.17, 15) is 23.2 Å². The fourth-order valence-electron chi connectivity index (χ4n) is 3.47. The topological polar surface area (TPSA) is 127 Å². The lowest BCUT2D eigenvalue weighted by Gasteiger charge is -2.13. The van der Waals surface area contributed by atoms with Crippen LogP contribution in [0.1, 0.15) is 27.2 Å². The highest BCUT2D eigenvalue weighted by molar-refractivity contribution is 7.17. The number of halogens is 3. The molecule has 0 unspecified atom stereocenters. The molecule has 5 rings (SSSR count). The fourth-order valence-corrected chi connectivity index (χ4v) is 4.47. The maximum Gasteiger partial charge on any atom is 0.434 e. The molecule has 1 amide bonds. The van der Waals surface area contributed by atoms with E-state index < -0.39 is 23.3 Å². The number of carbonyl (C=O) groups excluding carboxylic acids is 1. The summed E-state index contributed by atoms with van der Waals surface area (Å²) in [5.41, 5.74) is -0.360. The number of hydrogen-bond acceptors (Lipinski definition) is 8. The van der Waals surface area contributed by atoms with Gasteiger partial charge in [0.05, 0.1) is 51.9 Å². The molecule has 1 N–H and O–H groups in total. The van der Waals surface area contributed by atoms with Crippen molar-refractivity contribution >= 4 is 33.1 Å². The number of alkyl halides is 3. The van der Waals surface area contributed by atoms with E-state index in [2.05, 4.69) is 30.6 Å². The van der Waals surface area contributed by atoms with Crippen molar-refractivity contribution < 1.29 is 18.0 Å². The molecule has 0 aliphatic carbocycles. The van der Waals surface area contributed by atoms with Gasteiger partial charge in [-0.25, -0.2) is 9.67 Å². The number of aryl methyl sites for hydroxylation is 1. The van der Waals surface area contributed by atoms with Crippen molar-refractivity contribution in [3.63, 3.8) is 0 Å². The summed E-state index contributed by atoms with van der Waals surface area (Å²) in [6.45, 7) is 1.81. The predicted octanol–water partition coefficient (Wildman–Crippen LogP) is 3.91. The van der Waals surface area contributed by atoms with Gasteiger partial charge in [-0.1, -0.05) is 0 Å². The van der Waals surface area contributed by atoms with Gasteiger partial charge in [-0.2, -0.15) is 33.7 Å². The Balaban J connectivity index is 1.54. The lowest BCUT2D eigenvalue weighted by Crippen LogP contribution is -2.21. The standard InChI is InChI=1S/C21H12F3N9OS/c1-11-10-35-17-15(2-3-26-16(11)17)32-18(21(22,23)24)14(9-30-32)20(34)31-13-6-12(7-25)19(27-8-13)33-28-4-5-29-33/h2-6,8-10H,1H3,(H,31,34). The van der Waals surface area contributed by atoms with E-state index in [-0.39, 0.29) is 22.8 Å². The van der Waals surface area contributed by atoms with E-state index in [1.165, 1.54) is 48.3 Å². The van der Waals surface area contributed by atoms with E-state index in [1.54, 1.807) is 12.3 Å². The maximum atomic E-state index is 14.1. The molecule has 10 nitrogen and oxygen atoms in total. The third kappa shape index (κ3) is 3.87. The smallest absolute Gasteiger partial charge is 0.320 e. The van der Waals surface area contributed by atoms with Gasteiger partial charge in [0.25, 0.3) is 5.91 Å². The number of hydrogen-bond donors (Lipinski definition) is 1. The molecule has 0 atom stereocenters. The predicted molar refractivity (Wildman–Crippen MR) is 118 cm³/mol. The molecule has 0 saturated carbocycles. The average molecular weight is 495 g/mol. The van der Waals surface area contributed by atoms with Gasteiger partial charge in [0, 0.05) is 6.20 Å². The van der Waals surface area contributed by atoms with Crippen LogP contribution in [0.4, 0.5) is 18.9 Å². The first-order valence-corrected chi connectivity index (χ1v) is 10.7. The quantitative estimate of drug-likeness (QED) is 0.400. The van der Waals surface area contributed by atoms with Crippen LogP contribution < -0.4 is 5.32 Å². The number of carbonyl (C=O) groups is 1. The molecular formula is C21H12F3N9OS. The van der Waals surface area contributed by atoms with Gasteiger partial charge in [0.1, 0.15) is 11.6 Å². The third-order valence-electron chi connectivity index (χ3n) is 4.97. The number of fused-ring (bicyclic) bond motifs is 1. The number of aromatic nitrogens is 7. The van der Waals surface area contributed by atoms with Crippen LogP contribution in [0.15, 0.2) is 48.5 Å². The van der Waals surface area contributed by atoms with Crippen LogP contribution in [-0.4, -0.2) is 40.6 Å². The summed E-state index contributed by atoms with van der Waals surface area (Å²) in [7, 11) is 0. The van der Waals surface area contributed by atoms with E-state index in [0.717, 1.165) is 16.6 Å². The van der Waals surface area contributed by atoms with Crippen molar-refractivity contribution in [2.24, 2.45) is 0 Å². The normalized spacial score (nSPS) is 11.5. The molecule has 35 heavy (non-hydrogen) atoms. The zero-order valence-electron chi connectivity index (χ0n) is 17.6. The molecular weight excluding hydrogens is 483 g/mol. The van der Waals surface area contributed by atoms with Crippen molar-refractivity contribution in [1.82, 2.24) is 34.7 Å². The van der Waals surface area contributed by atoms with Crippen LogP contribution >= 0.6 is 11.3 Å². The number of nitrogens with zero attached hydrogens (tertiary/aromatic N) is 8. The van der Waals surface area contributed by atoms with Gasteiger partial charge in [-0.15, -0.1) is 16.1 Å². The number of amides is 1. The third-order valence-corrected chi connectivity index (χ3v) is 6.08. The Morgan fingerprint density at radius 1 is 1.14 bits per heavy atom. The zero-order valence-corrected chi connectivity index (χ0v) is 18.5. The van der Waals surface area contributed by atoms with Crippen LogP contribution in [0.5, 0.6) is 0 Å². The van der Waals surface area contributed by atoms with E-state index >= 15 is 0 Å². The van der Waals surface area contributed by atoms with Crippen molar-refractivity contribution in [1.29, 1.82) is 5.26 Å². The van der Waals surface area contributed by atoms with Crippen LogP contribution in [0, 0.1) is 18.3 Å². The first kappa shape index (κ1) is 22.2. The summed E-state index contributed by atoms with van der Waals surface area (Å²) in [6, 6.07) is 4.58. The van der Waals surface area contributed by atoms with Crippen LogP contribution in [0.2, 0.25) is 0 Å². The average Bonchev–Trinajstić information content (AvgIpc) is 3.59. The Kier molecular flexibility index (Phi) is 5.25. The Bertz CT molecular complexity index is 1610. The summed E-state index contributed by atoms with van der Waals surface area (Å²) < 4.78 is 43.6. The molecule has 5 aromatic rings. The van der Waals surface area contributed by atoms with Crippen molar-refractivity contribution in [2.75, 3.05) is 5.32 Å². The highest BCUT2D eigenvalue weighted by Gasteiger charge is 2.41. The lowest BCUT2D eigenvalue weighted by atomic mass is 10.2. The fraction of sp³-hybridized carbons (Fsp3) is 0.0952. The molecule has 0 aliphatic rings. The Morgan fingerprint density at radius 2 is 1.91 bits per heavy atom. The molecule has 174 valence electrons. The first-order valence-electron chi connectivity index (χ1n) is 9.84. The molecule has 0 fully saturated rings. The second-order valence-corrected chi connectivity index (χ2v) is 8.10. The second kappa shape index (κ2) is 8.29. The van der Waals surface area contributed by atoms with E-state index in [0.29, 0.717) is 14.9 Å². The summed E-state index contributed by atoms with van der Waals surface area (Å²) in [6.07, 6.45) is 1.33. The monoisotopic (exact) mass is 495 g/mol. The Morgan fingerprint density at radius 3 is 2.63 bits per heavy atom. The summed E-state index contributed by atoms with van der Waals surface area (Å²) in [5, 5.41) is 25.2. The van der Waals surface area contributed by atoms with Crippen molar-refractivity contribution in [2.45, 2.75) is 13.1 Å². The molecule has 0 bridgehead atoms. The van der Waals surface area contributed by atoms with Gasteiger partial charge >= 0.3 is 6.18 Å². The van der Waals surface area contributed by atoms with E-state index in [4.69, 9.17) is 0 Å². The highest BCUT2D eigenvalue weighted by atomic mass is 32.1. The summed E-state index contributed by atoms with van der Waals surface area (Å²) in [5.74, 6) is -0.959. The van der Waals surface area contributed by atoms with Crippen molar-refractivity contribution in [3.05, 3.63) is 70.9 Å². The SMILES string of the molecule is Cc1csc2c(-n3ncc(C(=O)Nc4cnc(-n5nccn5)c(C#N)c4)c3C(F)(F)F)ccnc12. The number of pyridine rings is 2. The summed E-state index contributed by atoms with van der Waals surface area (Å²) >= 11 is 1.24. The Hall–Kier alpha value is -4.64. The second-order valence-electron chi connectivity index (χ2n) is 7.22. The minimum absolute atomic E-state index is 0.0120. The molecule has 5 aromatic heterocycles. The number of rotatable bonds is 4. The molecule has 0 aromatic carbocycles. The lowest BCUT2D eigenvalue weighted by molar-refractivity contribution is -0.143. The highest BCUT2D eigenvalue weighted by Crippen LogP contribution is 2.37. The molecule has 0 radical (unpaired) electrons. The minimum Gasteiger partial charge on any atom is -0.320 e. The molecule has 14 heteroatoms. The van der Waals surface area contributed by atoms with Gasteiger partial charge in [-0.3, -0.25) is 9.78 Å². The molecule has 0 saturated heterocycles. The van der Waals surface area contributed by atoms with Crippen molar-refractivity contribution in [3.8, 4) is 17.6 Å². The summed E-state index contributed by atoms with van der Waals surface area (Å²) in [4.78, 5) is 22.3.